The zero-order valence-electron chi connectivity index (χ0n) is 10.1. The molecule has 1 amide bonds. The Kier molecular flexibility index (Phi) is 5.25. The molecule has 8 heteroatoms. The number of aliphatic hydroxyl groups is 1. The molecule has 0 saturated carbocycles. The summed E-state index contributed by atoms with van der Waals surface area (Å²) in [5.74, 6) is -1.41. The molecule has 0 aliphatic heterocycles. The molecule has 0 radical (unpaired) electrons. The average molecular weight is 256 g/mol. The second-order valence-electron chi connectivity index (χ2n) is 3.71. The number of carboxylic acid groups (broad SMARTS) is 1. The van der Waals surface area contributed by atoms with Crippen LogP contribution in [0.3, 0.4) is 0 Å². The highest BCUT2D eigenvalue weighted by Gasteiger charge is 2.18. The maximum absolute atomic E-state index is 12.0. The molecule has 0 spiro atoms. The second-order valence-corrected chi connectivity index (χ2v) is 3.71. The molecule has 1 rings (SSSR count). The van der Waals surface area contributed by atoms with Crippen LogP contribution in [0.15, 0.2) is 6.20 Å². The van der Waals surface area contributed by atoms with Crippen LogP contribution in [0.5, 0.6) is 0 Å². The molecule has 0 aliphatic rings. The van der Waals surface area contributed by atoms with Crippen molar-refractivity contribution >= 4 is 11.9 Å². The topological polar surface area (TPSA) is 109 Å². The van der Waals surface area contributed by atoms with Crippen LogP contribution in [-0.4, -0.2) is 61.7 Å². The molecule has 0 atom stereocenters. The molecule has 0 fully saturated rings. The Bertz CT molecular complexity index is 412. The van der Waals surface area contributed by atoms with Crippen molar-refractivity contribution < 1.29 is 19.8 Å². The fourth-order valence-corrected chi connectivity index (χ4v) is 1.48. The van der Waals surface area contributed by atoms with Crippen molar-refractivity contribution in [1.82, 2.24) is 19.9 Å². The van der Waals surface area contributed by atoms with Gasteiger partial charge in [0.25, 0.3) is 5.91 Å². The molecule has 8 nitrogen and oxygen atoms in total. The summed E-state index contributed by atoms with van der Waals surface area (Å²) in [4.78, 5) is 23.9. The standard InChI is InChI=1S/C10H16N4O4/c1-2-3-13(4-5-15)10(18)8-6-14(12-11-8)7-9(16)17/h6,15H,2-5,7H2,1H3,(H,16,17). The first-order valence-corrected chi connectivity index (χ1v) is 5.60. The van der Waals surface area contributed by atoms with E-state index in [1.54, 1.807) is 0 Å². The minimum absolute atomic E-state index is 0.0816. The van der Waals surface area contributed by atoms with E-state index in [-0.39, 0.29) is 31.3 Å². The normalized spacial score (nSPS) is 10.3. The first-order valence-electron chi connectivity index (χ1n) is 5.60. The van der Waals surface area contributed by atoms with Crippen molar-refractivity contribution in [1.29, 1.82) is 0 Å². The maximum Gasteiger partial charge on any atom is 0.325 e. The van der Waals surface area contributed by atoms with Crippen molar-refractivity contribution in [2.75, 3.05) is 19.7 Å². The third-order valence-electron chi connectivity index (χ3n) is 2.21. The molecule has 0 unspecified atom stereocenters. The van der Waals surface area contributed by atoms with Crippen molar-refractivity contribution in [3.05, 3.63) is 11.9 Å². The number of carbonyl (C=O) groups excluding carboxylic acids is 1. The van der Waals surface area contributed by atoms with E-state index in [4.69, 9.17) is 10.2 Å². The average Bonchev–Trinajstić information content (AvgIpc) is 2.75. The molecule has 100 valence electrons. The van der Waals surface area contributed by atoms with E-state index in [0.29, 0.717) is 6.54 Å². The SMILES string of the molecule is CCCN(CCO)C(=O)c1cn(CC(=O)O)nn1. The second kappa shape index (κ2) is 6.70. The maximum atomic E-state index is 12.0. The molecule has 1 heterocycles. The van der Waals surface area contributed by atoms with E-state index < -0.39 is 5.97 Å². The van der Waals surface area contributed by atoms with Gasteiger partial charge < -0.3 is 15.1 Å². The van der Waals surface area contributed by atoms with Crippen molar-refractivity contribution in [2.45, 2.75) is 19.9 Å². The lowest BCUT2D eigenvalue weighted by Gasteiger charge is -2.19. The molecule has 0 bridgehead atoms. The number of hydrogen-bond donors (Lipinski definition) is 2. The van der Waals surface area contributed by atoms with Gasteiger partial charge in [0.1, 0.15) is 6.54 Å². The number of aromatic nitrogens is 3. The van der Waals surface area contributed by atoms with Crippen molar-refractivity contribution in [3.63, 3.8) is 0 Å². The van der Waals surface area contributed by atoms with E-state index in [9.17, 15) is 9.59 Å². The number of nitrogens with zero attached hydrogens (tertiary/aromatic N) is 4. The van der Waals surface area contributed by atoms with Gasteiger partial charge in [-0.1, -0.05) is 12.1 Å². The van der Waals surface area contributed by atoms with Gasteiger partial charge in [0.2, 0.25) is 0 Å². The van der Waals surface area contributed by atoms with Crippen LogP contribution < -0.4 is 0 Å². The van der Waals surface area contributed by atoms with E-state index in [1.807, 2.05) is 6.92 Å². The Morgan fingerprint density at radius 1 is 1.44 bits per heavy atom. The number of carbonyl (C=O) groups is 2. The Labute approximate surface area is 104 Å². The number of hydrogen-bond acceptors (Lipinski definition) is 5. The predicted molar refractivity (Wildman–Crippen MR) is 60.9 cm³/mol. The van der Waals surface area contributed by atoms with Crippen LogP contribution in [0, 0.1) is 0 Å². The summed E-state index contributed by atoms with van der Waals surface area (Å²) in [7, 11) is 0. The summed E-state index contributed by atoms with van der Waals surface area (Å²) in [6.07, 6.45) is 2.05. The number of amides is 1. The van der Waals surface area contributed by atoms with Gasteiger partial charge in [0, 0.05) is 13.1 Å². The van der Waals surface area contributed by atoms with Gasteiger partial charge in [-0.2, -0.15) is 0 Å². The zero-order valence-corrected chi connectivity index (χ0v) is 10.1. The summed E-state index contributed by atoms with van der Waals surface area (Å²) in [5.41, 5.74) is 0.0816. The van der Waals surface area contributed by atoms with E-state index in [1.165, 1.54) is 11.1 Å². The molecule has 1 aromatic rings. The molecular formula is C10H16N4O4. The fourth-order valence-electron chi connectivity index (χ4n) is 1.48. The minimum Gasteiger partial charge on any atom is -0.480 e. The fraction of sp³-hybridized carbons (Fsp3) is 0.600. The monoisotopic (exact) mass is 256 g/mol. The van der Waals surface area contributed by atoms with Crippen molar-refractivity contribution in [3.8, 4) is 0 Å². The molecule has 0 aromatic carbocycles. The van der Waals surface area contributed by atoms with Crippen LogP contribution in [0.4, 0.5) is 0 Å². The predicted octanol–water partition coefficient (Wildman–Crippen LogP) is -0.793. The highest BCUT2D eigenvalue weighted by Crippen LogP contribution is 2.02. The minimum atomic E-state index is -1.06. The highest BCUT2D eigenvalue weighted by molar-refractivity contribution is 5.92. The van der Waals surface area contributed by atoms with E-state index in [0.717, 1.165) is 11.1 Å². The first kappa shape index (κ1) is 14.1. The molecular weight excluding hydrogens is 240 g/mol. The Balaban J connectivity index is 2.74. The lowest BCUT2D eigenvalue weighted by atomic mass is 10.3. The summed E-state index contributed by atoms with van der Waals surface area (Å²) in [6, 6.07) is 0. The summed E-state index contributed by atoms with van der Waals surface area (Å²) >= 11 is 0. The molecule has 18 heavy (non-hydrogen) atoms. The quantitative estimate of drug-likeness (QED) is 0.661. The highest BCUT2D eigenvalue weighted by atomic mass is 16.4. The van der Waals surface area contributed by atoms with Gasteiger partial charge in [-0.15, -0.1) is 5.10 Å². The number of carboxylic acids is 1. The van der Waals surface area contributed by atoms with Crippen LogP contribution in [-0.2, 0) is 11.3 Å². The molecule has 2 N–H and O–H groups in total. The Hall–Kier alpha value is -1.96. The largest absolute Gasteiger partial charge is 0.480 e. The van der Waals surface area contributed by atoms with E-state index in [2.05, 4.69) is 10.3 Å². The van der Waals surface area contributed by atoms with Crippen LogP contribution in [0.1, 0.15) is 23.8 Å². The number of rotatable bonds is 7. The smallest absolute Gasteiger partial charge is 0.325 e. The summed E-state index contributed by atoms with van der Waals surface area (Å²) < 4.78 is 1.08. The number of aliphatic hydroxyl groups excluding tert-OH is 1. The first-order chi connectivity index (χ1) is 8.58. The van der Waals surface area contributed by atoms with Crippen LogP contribution in [0.2, 0.25) is 0 Å². The third-order valence-corrected chi connectivity index (χ3v) is 2.21. The summed E-state index contributed by atoms with van der Waals surface area (Å²) in [6.45, 7) is 2.17. The lowest BCUT2D eigenvalue weighted by molar-refractivity contribution is -0.137. The Morgan fingerprint density at radius 2 is 2.17 bits per heavy atom. The lowest BCUT2D eigenvalue weighted by Crippen LogP contribution is -2.34. The van der Waals surface area contributed by atoms with E-state index >= 15 is 0 Å². The third kappa shape index (κ3) is 3.81. The van der Waals surface area contributed by atoms with Crippen LogP contribution in [0.25, 0.3) is 0 Å². The zero-order chi connectivity index (χ0) is 13.5. The number of aliphatic carboxylic acids is 1. The van der Waals surface area contributed by atoms with Gasteiger partial charge in [-0.25, -0.2) is 4.68 Å². The van der Waals surface area contributed by atoms with Gasteiger partial charge in [0.15, 0.2) is 5.69 Å². The van der Waals surface area contributed by atoms with Gasteiger partial charge in [-0.3, -0.25) is 9.59 Å². The van der Waals surface area contributed by atoms with Gasteiger partial charge in [0.05, 0.1) is 12.8 Å². The Morgan fingerprint density at radius 3 is 2.72 bits per heavy atom. The van der Waals surface area contributed by atoms with Gasteiger partial charge in [-0.05, 0) is 6.42 Å². The molecule has 0 saturated heterocycles. The molecule has 0 aliphatic carbocycles. The molecule has 1 aromatic heterocycles. The summed E-state index contributed by atoms with van der Waals surface area (Å²) in [5, 5.41) is 24.6. The van der Waals surface area contributed by atoms with Gasteiger partial charge >= 0.3 is 5.97 Å². The van der Waals surface area contributed by atoms with Crippen LogP contribution >= 0.6 is 0 Å². The van der Waals surface area contributed by atoms with Crippen molar-refractivity contribution in [2.24, 2.45) is 0 Å².